The van der Waals surface area contributed by atoms with Gasteiger partial charge in [-0.2, -0.15) is 4.72 Å². The minimum absolute atomic E-state index is 0.0254. The molecule has 0 amide bonds. The molecule has 1 saturated carbocycles. The third-order valence-electron chi connectivity index (χ3n) is 6.78. The molecular formula is C24H29ClN2O3S. The van der Waals surface area contributed by atoms with E-state index in [0.29, 0.717) is 23.6 Å². The molecule has 0 bridgehead atoms. The monoisotopic (exact) mass is 460 g/mol. The van der Waals surface area contributed by atoms with Crippen LogP contribution in [0.5, 0.6) is 5.75 Å². The highest BCUT2D eigenvalue weighted by molar-refractivity contribution is 7.89. The Balaban J connectivity index is 1.31. The molecule has 2 aromatic rings. The zero-order chi connectivity index (χ0) is 21.4. The molecule has 2 atom stereocenters. The zero-order valence-electron chi connectivity index (χ0n) is 17.6. The first-order valence-corrected chi connectivity index (χ1v) is 13.2. The van der Waals surface area contributed by atoms with Crippen LogP contribution in [0.15, 0.2) is 42.5 Å². The van der Waals surface area contributed by atoms with Crippen molar-refractivity contribution in [2.24, 2.45) is 5.92 Å². The standard InChI is InChI=1S/C24H29ClN2O3S/c25-20-4-1-3-18(11-20)12-23-22-14-21(30-16-26-31(28,29)15-17-5-6-17)8-7-19(22)13-24(23)27-9-2-10-27/h1,3-4,7-8,11,14,17,23-24,26H,2,5-6,9-10,12-13,15-16H2. The van der Waals surface area contributed by atoms with Gasteiger partial charge in [-0.05, 0) is 92.1 Å². The lowest BCUT2D eigenvalue weighted by Gasteiger charge is -2.39. The van der Waals surface area contributed by atoms with Gasteiger partial charge in [-0.15, -0.1) is 0 Å². The van der Waals surface area contributed by atoms with Gasteiger partial charge in [0.25, 0.3) is 0 Å². The van der Waals surface area contributed by atoms with Gasteiger partial charge in [0.1, 0.15) is 5.75 Å². The van der Waals surface area contributed by atoms with Gasteiger partial charge in [0.2, 0.25) is 10.0 Å². The molecule has 0 aromatic heterocycles. The number of sulfonamides is 1. The van der Waals surface area contributed by atoms with Crippen molar-refractivity contribution < 1.29 is 13.2 Å². The number of halogens is 1. The molecule has 2 aliphatic carbocycles. The fraction of sp³-hybridized carbons (Fsp3) is 0.500. The van der Waals surface area contributed by atoms with Crippen molar-refractivity contribution >= 4 is 21.6 Å². The molecule has 5 rings (SSSR count). The molecule has 0 spiro atoms. The highest BCUT2D eigenvalue weighted by atomic mass is 35.5. The van der Waals surface area contributed by atoms with Crippen LogP contribution in [0.3, 0.4) is 0 Å². The second-order valence-electron chi connectivity index (χ2n) is 9.12. The zero-order valence-corrected chi connectivity index (χ0v) is 19.2. The molecule has 2 aromatic carbocycles. The van der Waals surface area contributed by atoms with Crippen LogP contribution in [0, 0.1) is 5.92 Å². The van der Waals surface area contributed by atoms with Gasteiger partial charge in [-0.25, -0.2) is 8.42 Å². The molecule has 1 aliphatic heterocycles. The van der Waals surface area contributed by atoms with Crippen LogP contribution in [-0.4, -0.2) is 44.9 Å². The maximum absolute atomic E-state index is 12.1. The normalized spacial score (nSPS) is 23.4. The third-order valence-corrected chi connectivity index (χ3v) is 8.49. The Morgan fingerprint density at radius 1 is 1.13 bits per heavy atom. The minimum Gasteiger partial charge on any atom is -0.477 e. The first-order chi connectivity index (χ1) is 15.0. The lowest BCUT2D eigenvalue weighted by molar-refractivity contribution is 0.106. The number of hydrogen-bond acceptors (Lipinski definition) is 4. The summed E-state index contributed by atoms with van der Waals surface area (Å²) in [5.74, 6) is 1.63. The van der Waals surface area contributed by atoms with Crippen LogP contribution in [0.25, 0.3) is 0 Å². The molecule has 0 radical (unpaired) electrons. The molecule has 3 aliphatic rings. The predicted molar refractivity (Wildman–Crippen MR) is 123 cm³/mol. The summed E-state index contributed by atoms with van der Waals surface area (Å²) in [7, 11) is -3.27. The lowest BCUT2D eigenvalue weighted by Crippen LogP contribution is -2.47. The summed E-state index contributed by atoms with van der Waals surface area (Å²) in [6.07, 6.45) is 5.28. The molecule has 31 heavy (non-hydrogen) atoms. The van der Waals surface area contributed by atoms with E-state index in [1.54, 1.807) is 0 Å². The fourth-order valence-corrected chi connectivity index (χ4v) is 6.37. The Kier molecular flexibility index (Phi) is 5.99. The SMILES string of the molecule is O=S(=O)(CC1CC1)NCOc1ccc2c(c1)C(Cc1cccc(Cl)c1)C(N1CCC1)C2. The van der Waals surface area contributed by atoms with Gasteiger partial charge < -0.3 is 4.74 Å². The summed E-state index contributed by atoms with van der Waals surface area (Å²) < 4.78 is 32.6. The smallest absolute Gasteiger partial charge is 0.214 e. The van der Waals surface area contributed by atoms with E-state index in [4.69, 9.17) is 16.3 Å². The van der Waals surface area contributed by atoms with Crippen LogP contribution in [0.4, 0.5) is 0 Å². The topological polar surface area (TPSA) is 58.6 Å². The van der Waals surface area contributed by atoms with E-state index >= 15 is 0 Å². The molecule has 1 heterocycles. The number of hydrogen-bond donors (Lipinski definition) is 1. The summed E-state index contributed by atoms with van der Waals surface area (Å²) in [6, 6.07) is 14.8. The number of nitrogens with one attached hydrogen (secondary N) is 1. The number of fused-ring (bicyclic) bond motifs is 1. The average molecular weight is 461 g/mol. The molecule has 2 fully saturated rings. The summed E-state index contributed by atoms with van der Waals surface area (Å²) in [4.78, 5) is 2.59. The van der Waals surface area contributed by atoms with Gasteiger partial charge in [0.05, 0.1) is 5.75 Å². The Morgan fingerprint density at radius 3 is 2.68 bits per heavy atom. The van der Waals surface area contributed by atoms with Crippen LogP contribution >= 0.6 is 11.6 Å². The van der Waals surface area contributed by atoms with E-state index < -0.39 is 10.0 Å². The Labute approximate surface area is 189 Å². The van der Waals surface area contributed by atoms with Crippen molar-refractivity contribution in [1.29, 1.82) is 0 Å². The van der Waals surface area contributed by atoms with Gasteiger partial charge >= 0.3 is 0 Å². The molecule has 7 heteroatoms. The van der Waals surface area contributed by atoms with Gasteiger partial charge in [0, 0.05) is 17.0 Å². The predicted octanol–water partition coefficient (Wildman–Crippen LogP) is 3.96. The Morgan fingerprint density at radius 2 is 1.97 bits per heavy atom. The summed E-state index contributed by atoms with van der Waals surface area (Å²) >= 11 is 6.24. The molecule has 166 valence electrons. The van der Waals surface area contributed by atoms with Crippen molar-refractivity contribution in [3.63, 3.8) is 0 Å². The number of likely N-dealkylation sites (tertiary alicyclic amines) is 1. The number of ether oxygens (including phenoxy) is 1. The fourth-order valence-electron chi connectivity index (χ4n) is 4.84. The molecular weight excluding hydrogens is 432 g/mol. The van der Waals surface area contributed by atoms with Crippen molar-refractivity contribution in [1.82, 2.24) is 9.62 Å². The first kappa shape index (κ1) is 21.3. The van der Waals surface area contributed by atoms with Crippen LogP contribution in [0.1, 0.15) is 41.9 Å². The van der Waals surface area contributed by atoms with E-state index in [-0.39, 0.29) is 12.5 Å². The Hall–Kier alpha value is -1.60. The second-order valence-corrected chi connectivity index (χ2v) is 11.4. The van der Waals surface area contributed by atoms with Crippen LogP contribution < -0.4 is 9.46 Å². The molecule has 1 saturated heterocycles. The van der Waals surface area contributed by atoms with E-state index in [1.165, 1.54) is 23.1 Å². The largest absolute Gasteiger partial charge is 0.477 e. The van der Waals surface area contributed by atoms with E-state index in [0.717, 1.165) is 43.8 Å². The first-order valence-electron chi connectivity index (χ1n) is 11.2. The van der Waals surface area contributed by atoms with Gasteiger partial charge in [0.15, 0.2) is 6.73 Å². The average Bonchev–Trinajstić information content (AvgIpc) is 3.42. The van der Waals surface area contributed by atoms with Crippen molar-refractivity contribution in [3.05, 3.63) is 64.2 Å². The van der Waals surface area contributed by atoms with Crippen LogP contribution in [0.2, 0.25) is 5.02 Å². The minimum atomic E-state index is -3.27. The van der Waals surface area contributed by atoms with Crippen molar-refractivity contribution in [2.75, 3.05) is 25.6 Å². The number of nitrogens with zero attached hydrogens (tertiary/aromatic N) is 1. The number of benzene rings is 2. The molecule has 2 unspecified atom stereocenters. The summed E-state index contributed by atoms with van der Waals surface area (Å²) in [6.45, 7) is 2.30. The summed E-state index contributed by atoms with van der Waals surface area (Å²) in [5, 5.41) is 0.770. The van der Waals surface area contributed by atoms with Crippen molar-refractivity contribution in [2.45, 2.75) is 44.1 Å². The van der Waals surface area contributed by atoms with Gasteiger partial charge in [-0.3, -0.25) is 4.90 Å². The molecule has 5 nitrogen and oxygen atoms in total. The van der Waals surface area contributed by atoms with Gasteiger partial charge in [-0.1, -0.05) is 29.8 Å². The third kappa shape index (κ3) is 5.08. The van der Waals surface area contributed by atoms with Crippen LogP contribution in [-0.2, 0) is 22.9 Å². The maximum Gasteiger partial charge on any atom is 0.214 e. The van der Waals surface area contributed by atoms with Crippen molar-refractivity contribution in [3.8, 4) is 5.75 Å². The second kappa shape index (κ2) is 8.74. The highest BCUT2D eigenvalue weighted by Crippen LogP contribution is 2.41. The van der Waals surface area contributed by atoms with E-state index in [1.807, 2.05) is 18.2 Å². The highest BCUT2D eigenvalue weighted by Gasteiger charge is 2.38. The maximum atomic E-state index is 12.1. The van der Waals surface area contributed by atoms with E-state index in [2.05, 4.69) is 33.9 Å². The Bertz CT molecular complexity index is 1050. The quantitative estimate of drug-likeness (QED) is 0.575. The lowest BCUT2D eigenvalue weighted by atomic mass is 9.89. The summed E-state index contributed by atoms with van der Waals surface area (Å²) in [5.41, 5.74) is 3.93. The number of rotatable bonds is 9. The molecule has 1 N–H and O–H groups in total. The van der Waals surface area contributed by atoms with E-state index in [9.17, 15) is 8.42 Å².